The SMILES string of the molecule is Cc1nc2ccc3c(c2s1)/C(=C\C#N)CC3. The van der Waals surface area contributed by atoms with E-state index in [2.05, 4.69) is 23.2 Å². The van der Waals surface area contributed by atoms with Gasteiger partial charge in [-0.3, -0.25) is 0 Å². The van der Waals surface area contributed by atoms with Crippen molar-refractivity contribution >= 4 is 27.1 Å². The Morgan fingerprint density at radius 3 is 3.12 bits per heavy atom. The Labute approximate surface area is 97.9 Å². The third-order valence-electron chi connectivity index (χ3n) is 2.97. The zero-order valence-corrected chi connectivity index (χ0v) is 9.77. The molecule has 78 valence electrons. The lowest BCUT2D eigenvalue weighted by Gasteiger charge is -2.00. The van der Waals surface area contributed by atoms with Crippen LogP contribution in [0.1, 0.15) is 22.6 Å². The van der Waals surface area contributed by atoms with Crippen LogP contribution in [0.4, 0.5) is 0 Å². The summed E-state index contributed by atoms with van der Waals surface area (Å²) in [5.74, 6) is 0. The Morgan fingerprint density at radius 1 is 1.44 bits per heavy atom. The lowest BCUT2D eigenvalue weighted by atomic mass is 10.1. The molecule has 1 aromatic carbocycles. The molecule has 0 radical (unpaired) electrons. The predicted molar refractivity (Wildman–Crippen MR) is 66.3 cm³/mol. The lowest BCUT2D eigenvalue weighted by Crippen LogP contribution is -1.81. The molecule has 0 fully saturated rings. The highest BCUT2D eigenvalue weighted by molar-refractivity contribution is 7.18. The third-order valence-corrected chi connectivity index (χ3v) is 3.98. The minimum atomic E-state index is 0.985. The van der Waals surface area contributed by atoms with Gasteiger partial charge in [-0.2, -0.15) is 5.26 Å². The van der Waals surface area contributed by atoms with Crippen LogP contribution in [0.3, 0.4) is 0 Å². The van der Waals surface area contributed by atoms with Crippen LogP contribution >= 0.6 is 11.3 Å². The summed E-state index contributed by atoms with van der Waals surface area (Å²) in [7, 11) is 0. The molecule has 2 nitrogen and oxygen atoms in total. The van der Waals surface area contributed by atoms with E-state index in [4.69, 9.17) is 5.26 Å². The summed E-state index contributed by atoms with van der Waals surface area (Å²) in [6.45, 7) is 2.03. The molecule has 0 amide bonds. The topological polar surface area (TPSA) is 36.7 Å². The molecule has 1 aliphatic rings. The van der Waals surface area contributed by atoms with E-state index in [1.165, 1.54) is 21.4 Å². The fraction of sp³-hybridized carbons (Fsp3) is 0.231. The zero-order chi connectivity index (χ0) is 11.1. The molecular weight excluding hydrogens is 216 g/mol. The first-order valence-electron chi connectivity index (χ1n) is 5.27. The number of allylic oxidation sites excluding steroid dienone is 2. The van der Waals surface area contributed by atoms with Crippen molar-refractivity contribution in [1.82, 2.24) is 4.98 Å². The number of nitriles is 1. The number of hydrogen-bond donors (Lipinski definition) is 0. The van der Waals surface area contributed by atoms with E-state index in [-0.39, 0.29) is 0 Å². The minimum Gasteiger partial charge on any atom is -0.241 e. The molecular formula is C13H10N2S. The summed E-state index contributed by atoms with van der Waals surface area (Å²) in [5.41, 5.74) is 4.86. The van der Waals surface area contributed by atoms with Gasteiger partial charge in [-0.15, -0.1) is 11.3 Å². The van der Waals surface area contributed by atoms with Crippen LogP contribution in [-0.4, -0.2) is 4.98 Å². The van der Waals surface area contributed by atoms with E-state index in [0.717, 1.165) is 23.4 Å². The molecule has 0 atom stereocenters. The summed E-state index contributed by atoms with van der Waals surface area (Å²) in [5, 5.41) is 9.88. The Hall–Kier alpha value is -1.66. The number of nitrogens with zero attached hydrogens (tertiary/aromatic N) is 2. The quantitative estimate of drug-likeness (QED) is 0.645. The first kappa shape index (κ1) is 9.56. The number of hydrogen-bond acceptors (Lipinski definition) is 3. The van der Waals surface area contributed by atoms with Crippen molar-refractivity contribution in [3.8, 4) is 6.07 Å². The normalized spacial score (nSPS) is 16.6. The third kappa shape index (κ3) is 1.27. The fourth-order valence-electron chi connectivity index (χ4n) is 2.32. The monoisotopic (exact) mass is 226 g/mol. The second-order valence-corrected chi connectivity index (χ2v) is 5.18. The van der Waals surface area contributed by atoms with Gasteiger partial charge in [0.2, 0.25) is 0 Å². The highest BCUT2D eigenvalue weighted by Gasteiger charge is 2.20. The van der Waals surface area contributed by atoms with E-state index < -0.39 is 0 Å². The largest absolute Gasteiger partial charge is 0.241 e. The molecule has 0 bridgehead atoms. The number of aromatic nitrogens is 1. The van der Waals surface area contributed by atoms with Gasteiger partial charge in [0.15, 0.2) is 0 Å². The number of thiazole rings is 1. The highest BCUT2D eigenvalue weighted by Crippen LogP contribution is 2.39. The highest BCUT2D eigenvalue weighted by atomic mass is 32.1. The fourth-order valence-corrected chi connectivity index (χ4v) is 3.34. The van der Waals surface area contributed by atoms with E-state index in [1.54, 1.807) is 17.4 Å². The standard InChI is InChI=1S/C13H10N2S/c1-8-15-11-5-4-9-2-3-10(6-7-14)12(9)13(11)16-8/h4-6H,2-3H2,1H3/b10-6-. The van der Waals surface area contributed by atoms with Crippen LogP contribution in [0.25, 0.3) is 15.8 Å². The van der Waals surface area contributed by atoms with Gasteiger partial charge in [0.1, 0.15) is 0 Å². The Bertz CT molecular complexity index is 644. The van der Waals surface area contributed by atoms with E-state index in [0.29, 0.717) is 0 Å². The minimum absolute atomic E-state index is 0.985. The molecule has 0 aliphatic heterocycles. The molecule has 1 aromatic heterocycles. The molecule has 2 aromatic rings. The summed E-state index contributed by atoms with van der Waals surface area (Å²) >= 11 is 1.73. The van der Waals surface area contributed by atoms with Crippen molar-refractivity contribution in [3.63, 3.8) is 0 Å². The second kappa shape index (κ2) is 3.43. The summed E-state index contributed by atoms with van der Waals surface area (Å²) in [6.07, 6.45) is 3.72. The molecule has 1 heterocycles. The maximum atomic E-state index is 8.79. The van der Waals surface area contributed by atoms with Crippen molar-refractivity contribution in [3.05, 3.63) is 34.3 Å². The maximum Gasteiger partial charge on any atom is 0.0915 e. The molecule has 0 N–H and O–H groups in total. The van der Waals surface area contributed by atoms with Crippen LogP contribution in [0.15, 0.2) is 18.2 Å². The van der Waals surface area contributed by atoms with Crippen molar-refractivity contribution < 1.29 is 0 Å². The van der Waals surface area contributed by atoms with Crippen molar-refractivity contribution in [1.29, 1.82) is 5.26 Å². The maximum absolute atomic E-state index is 8.79. The summed E-state index contributed by atoms with van der Waals surface area (Å²) < 4.78 is 1.24. The van der Waals surface area contributed by atoms with Crippen molar-refractivity contribution in [2.75, 3.05) is 0 Å². The van der Waals surface area contributed by atoms with Crippen molar-refractivity contribution in [2.24, 2.45) is 0 Å². The first-order chi connectivity index (χ1) is 7.79. The number of benzene rings is 1. The van der Waals surface area contributed by atoms with Crippen LogP contribution in [0.2, 0.25) is 0 Å². The molecule has 3 rings (SSSR count). The van der Waals surface area contributed by atoms with Crippen LogP contribution in [0, 0.1) is 18.3 Å². The Kier molecular flexibility index (Phi) is 2.05. The van der Waals surface area contributed by atoms with Crippen molar-refractivity contribution in [2.45, 2.75) is 19.8 Å². The molecule has 0 saturated heterocycles. The van der Waals surface area contributed by atoms with E-state index in [1.807, 2.05) is 6.92 Å². The Balaban J connectivity index is 2.37. The summed E-state index contributed by atoms with van der Waals surface area (Å²) in [4.78, 5) is 4.49. The van der Waals surface area contributed by atoms with Gasteiger partial charge in [0.25, 0.3) is 0 Å². The van der Waals surface area contributed by atoms with Gasteiger partial charge in [-0.25, -0.2) is 4.98 Å². The van der Waals surface area contributed by atoms with Crippen LogP contribution < -0.4 is 0 Å². The average Bonchev–Trinajstić information content (AvgIpc) is 2.81. The first-order valence-corrected chi connectivity index (χ1v) is 6.09. The van der Waals surface area contributed by atoms with Gasteiger partial charge in [0.05, 0.1) is 21.3 Å². The van der Waals surface area contributed by atoms with Gasteiger partial charge >= 0.3 is 0 Å². The second-order valence-electron chi connectivity index (χ2n) is 3.98. The molecule has 1 aliphatic carbocycles. The van der Waals surface area contributed by atoms with E-state index in [9.17, 15) is 0 Å². The number of fused-ring (bicyclic) bond motifs is 3. The lowest BCUT2D eigenvalue weighted by molar-refractivity contribution is 1.08. The predicted octanol–water partition coefficient (Wildman–Crippen LogP) is 3.46. The van der Waals surface area contributed by atoms with Gasteiger partial charge < -0.3 is 0 Å². The van der Waals surface area contributed by atoms with Gasteiger partial charge in [-0.05, 0) is 37.0 Å². The molecule has 16 heavy (non-hydrogen) atoms. The average molecular weight is 226 g/mol. The molecule has 0 unspecified atom stereocenters. The van der Waals surface area contributed by atoms with Gasteiger partial charge in [-0.1, -0.05) is 6.07 Å². The molecule has 3 heteroatoms. The van der Waals surface area contributed by atoms with Crippen LogP contribution in [0.5, 0.6) is 0 Å². The van der Waals surface area contributed by atoms with Crippen LogP contribution in [-0.2, 0) is 6.42 Å². The van der Waals surface area contributed by atoms with E-state index >= 15 is 0 Å². The number of rotatable bonds is 0. The zero-order valence-electron chi connectivity index (χ0n) is 8.95. The van der Waals surface area contributed by atoms with Gasteiger partial charge in [0, 0.05) is 11.6 Å². The number of aryl methyl sites for hydroxylation is 2. The molecule has 0 saturated carbocycles. The smallest absolute Gasteiger partial charge is 0.0915 e. The Morgan fingerprint density at radius 2 is 2.31 bits per heavy atom. The summed E-state index contributed by atoms with van der Waals surface area (Å²) in [6, 6.07) is 6.38. The molecule has 0 spiro atoms.